The smallest absolute Gasteiger partial charge is 0.161 e. The third-order valence-corrected chi connectivity index (χ3v) is 2.80. The van der Waals surface area contributed by atoms with Gasteiger partial charge in [0.25, 0.3) is 0 Å². The van der Waals surface area contributed by atoms with Crippen molar-refractivity contribution < 1.29 is 18.0 Å². The van der Waals surface area contributed by atoms with Crippen LogP contribution < -0.4 is 0 Å². The van der Waals surface area contributed by atoms with Crippen molar-refractivity contribution >= 4 is 17.6 Å². The summed E-state index contributed by atoms with van der Waals surface area (Å²) in [5.74, 6) is -3.07. The van der Waals surface area contributed by atoms with Gasteiger partial charge in [0, 0.05) is 18.3 Å². The first kappa shape index (κ1) is 10.8. The van der Waals surface area contributed by atoms with Gasteiger partial charge in [0.15, 0.2) is 6.29 Å². The molecule has 16 heavy (non-hydrogen) atoms. The second-order valence-electron chi connectivity index (χ2n) is 2.93. The summed E-state index contributed by atoms with van der Waals surface area (Å²) in [5, 5.41) is 0.0112. The van der Waals surface area contributed by atoms with Crippen molar-refractivity contribution in [3.05, 3.63) is 40.7 Å². The Labute approximate surface area is 92.4 Å². The minimum absolute atomic E-state index is 0.0112. The molecule has 82 valence electrons. The highest BCUT2D eigenvalue weighted by molar-refractivity contribution is 7.16. The van der Waals surface area contributed by atoms with Crippen molar-refractivity contribution in [3.8, 4) is 10.6 Å². The second-order valence-corrected chi connectivity index (χ2v) is 3.99. The second kappa shape index (κ2) is 4.05. The first-order valence-corrected chi connectivity index (χ1v) is 4.99. The molecule has 0 aliphatic heterocycles. The Balaban J connectivity index is 2.59. The van der Waals surface area contributed by atoms with Crippen molar-refractivity contribution in [2.45, 2.75) is 0 Å². The van der Waals surface area contributed by atoms with Crippen LogP contribution in [0.5, 0.6) is 0 Å². The van der Waals surface area contributed by atoms with E-state index in [1.54, 1.807) is 0 Å². The van der Waals surface area contributed by atoms with E-state index in [0.717, 1.165) is 11.3 Å². The highest BCUT2D eigenvalue weighted by atomic mass is 32.1. The van der Waals surface area contributed by atoms with Crippen LogP contribution in [0.15, 0.2) is 18.3 Å². The van der Waals surface area contributed by atoms with Crippen LogP contribution in [0.3, 0.4) is 0 Å². The number of hydrogen-bond acceptors (Lipinski definition) is 3. The van der Waals surface area contributed by atoms with Crippen molar-refractivity contribution in [3.63, 3.8) is 0 Å². The van der Waals surface area contributed by atoms with Crippen molar-refractivity contribution in [1.29, 1.82) is 0 Å². The van der Waals surface area contributed by atoms with Gasteiger partial charge in [-0.1, -0.05) is 0 Å². The van der Waals surface area contributed by atoms with Crippen LogP contribution in [0.25, 0.3) is 10.6 Å². The van der Waals surface area contributed by atoms with E-state index in [-0.39, 0.29) is 9.88 Å². The third-order valence-electron chi connectivity index (χ3n) is 1.86. The summed E-state index contributed by atoms with van der Waals surface area (Å²) in [6.45, 7) is 0. The number of carbonyl (C=O) groups is 1. The monoisotopic (exact) mass is 243 g/mol. The van der Waals surface area contributed by atoms with Gasteiger partial charge in [0.2, 0.25) is 0 Å². The van der Waals surface area contributed by atoms with Crippen LogP contribution in [-0.4, -0.2) is 11.3 Å². The summed E-state index contributed by atoms with van der Waals surface area (Å²) in [7, 11) is 0. The highest BCUT2D eigenvalue weighted by Gasteiger charge is 2.16. The SMILES string of the molecule is O=Cc1cnc(-c2c(F)cc(F)cc2F)s1. The van der Waals surface area contributed by atoms with Crippen LogP contribution in [0.1, 0.15) is 9.67 Å². The van der Waals surface area contributed by atoms with Gasteiger partial charge in [0.1, 0.15) is 22.5 Å². The number of nitrogens with zero attached hydrogens (tertiary/aromatic N) is 1. The van der Waals surface area contributed by atoms with Gasteiger partial charge < -0.3 is 0 Å². The molecule has 2 aromatic rings. The maximum absolute atomic E-state index is 13.3. The minimum Gasteiger partial charge on any atom is -0.297 e. The van der Waals surface area contributed by atoms with E-state index < -0.39 is 23.0 Å². The number of carbonyl (C=O) groups excluding carboxylic acids is 1. The molecule has 0 bridgehead atoms. The van der Waals surface area contributed by atoms with E-state index in [0.29, 0.717) is 18.4 Å². The first-order chi connectivity index (χ1) is 7.61. The zero-order valence-electron chi connectivity index (χ0n) is 7.71. The highest BCUT2D eigenvalue weighted by Crippen LogP contribution is 2.29. The number of thiazole rings is 1. The molecule has 2 rings (SSSR count). The van der Waals surface area contributed by atoms with Gasteiger partial charge in [-0.15, -0.1) is 11.3 Å². The fourth-order valence-corrected chi connectivity index (χ4v) is 1.98. The molecule has 0 saturated heterocycles. The molecule has 0 atom stereocenters. The van der Waals surface area contributed by atoms with E-state index in [1.165, 1.54) is 6.20 Å². The number of aromatic nitrogens is 1. The molecule has 0 N–H and O–H groups in total. The van der Waals surface area contributed by atoms with Gasteiger partial charge in [-0.2, -0.15) is 0 Å². The first-order valence-electron chi connectivity index (χ1n) is 4.17. The molecule has 0 amide bonds. The van der Waals surface area contributed by atoms with E-state index >= 15 is 0 Å². The van der Waals surface area contributed by atoms with Gasteiger partial charge in [0.05, 0.1) is 10.4 Å². The molecule has 0 unspecified atom stereocenters. The maximum atomic E-state index is 13.3. The molecule has 1 heterocycles. The van der Waals surface area contributed by atoms with E-state index in [4.69, 9.17) is 0 Å². The summed E-state index contributed by atoms with van der Waals surface area (Å²) in [5.41, 5.74) is -0.417. The molecule has 0 fully saturated rings. The molecule has 0 radical (unpaired) electrons. The zero-order chi connectivity index (χ0) is 11.7. The maximum Gasteiger partial charge on any atom is 0.161 e. The van der Waals surface area contributed by atoms with Gasteiger partial charge >= 0.3 is 0 Å². The molecule has 6 heteroatoms. The van der Waals surface area contributed by atoms with Crippen LogP contribution in [0.2, 0.25) is 0 Å². The van der Waals surface area contributed by atoms with Crippen molar-refractivity contribution in [2.24, 2.45) is 0 Å². The molecule has 0 aliphatic carbocycles. The quantitative estimate of drug-likeness (QED) is 0.759. The lowest BCUT2D eigenvalue weighted by Crippen LogP contribution is -1.91. The Morgan fingerprint density at radius 3 is 2.31 bits per heavy atom. The summed E-state index contributed by atoms with van der Waals surface area (Å²) in [6.07, 6.45) is 1.73. The number of benzene rings is 1. The van der Waals surface area contributed by atoms with Crippen molar-refractivity contribution in [1.82, 2.24) is 4.98 Å². The van der Waals surface area contributed by atoms with Crippen LogP contribution in [0.4, 0.5) is 13.2 Å². The third kappa shape index (κ3) is 1.83. The van der Waals surface area contributed by atoms with Crippen LogP contribution in [0, 0.1) is 17.5 Å². The van der Waals surface area contributed by atoms with Crippen LogP contribution in [-0.2, 0) is 0 Å². The molecular formula is C10H4F3NOS. The fourth-order valence-electron chi connectivity index (χ4n) is 1.20. The summed E-state index contributed by atoms with van der Waals surface area (Å²) < 4.78 is 39.3. The average molecular weight is 243 g/mol. The molecule has 0 aliphatic rings. The number of aldehydes is 1. The van der Waals surface area contributed by atoms with E-state index in [2.05, 4.69) is 4.98 Å². The lowest BCUT2D eigenvalue weighted by Gasteiger charge is -2.00. The van der Waals surface area contributed by atoms with Gasteiger partial charge in [-0.3, -0.25) is 4.79 Å². The fraction of sp³-hybridized carbons (Fsp3) is 0. The molecule has 0 spiro atoms. The summed E-state index contributed by atoms with van der Waals surface area (Å²) >= 11 is 0.839. The molecular weight excluding hydrogens is 239 g/mol. The summed E-state index contributed by atoms with van der Waals surface area (Å²) in [4.78, 5) is 14.3. The molecule has 0 saturated carbocycles. The standard InChI is InChI=1S/C10H4F3NOS/c11-5-1-7(12)9(8(13)2-5)10-14-3-6(4-15)16-10/h1-4H. The minimum atomic E-state index is -1.04. The predicted octanol–water partition coefficient (Wildman–Crippen LogP) is 3.04. The largest absolute Gasteiger partial charge is 0.297 e. The number of halogens is 3. The lowest BCUT2D eigenvalue weighted by atomic mass is 10.2. The number of hydrogen-bond donors (Lipinski definition) is 0. The normalized spacial score (nSPS) is 10.4. The Bertz CT molecular complexity index is 530. The average Bonchev–Trinajstić information content (AvgIpc) is 2.64. The van der Waals surface area contributed by atoms with E-state index in [1.807, 2.05) is 0 Å². The Morgan fingerprint density at radius 1 is 1.19 bits per heavy atom. The Kier molecular flexibility index (Phi) is 2.74. The van der Waals surface area contributed by atoms with Crippen LogP contribution >= 0.6 is 11.3 Å². The predicted molar refractivity (Wildman–Crippen MR) is 52.8 cm³/mol. The Morgan fingerprint density at radius 2 is 1.81 bits per heavy atom. The molecule has 2 nitrogen and oxygen atoms in total. The summed E-state index contributed by atoms with van der Waals surface area (Å²) in [6, 6.07) is 1.14. The molecule has 1 aromatic carbocycles. The Hall–Kier alpha value is -1.69. The zero-order valence-corrected chi connectivity index (χ0v) is 8.52. The van der Waals surface area contributed by atoms with Crippen molar-refractivity contribution in [2.75, 3.05) is 0 Å². The van der Waals surface area contributed by atoms with E-state index in [9.17, 15) is 18.0 Å². The topological polar surface area (TPSA) is 30.0 Å². The number of rotatable bonds is 2. The molecule has 1 aromatic heterocycles. The van der Waals surface area contributed by atoms with Gasteiger partial charge in [-0.05, 0) is 0 Å². The van der Waals surface area contributed by atoms with Gasteiger partial charge in [-0.25, -0.2) is 18.2 Å². The lowest BCUT2D eigenvalue weighted by molar-refractivity contribution is 0.112.